The molecule has 3 nitrogen and oxygen atoms in total. The summed E-state index contributed by atoms with van der Waals surface area (Å²) in [5.74, 6) is 0.476. The third kappa shape index (κ3) is 6.40. The van der Waals surface area contributed by atoms with Crippen LogP contribution in [-0.2, 0) is 11.3 Å². The fraction of sp³-hybridized carbons (Fsp3) is 0.304. The number of Topliss-reactive ketones (excluding diaryl/α,β-unsaturated/α-hetero) is 1. The number of benzene rings is 2. The number of hydrogen-bond acceptors (Lipinski definition) is 3. The molecule has 0 radical (unpaired) electrons. The van der Waals surface area contributed by atoms with Gasteiger partial charge in [-0.05, 0) is 25.5 Å². The third-order valence-electron chi connectivity index (χ3n) is 4.39. The SMILES string of the molecule is Cc1ccccc1.O=CC(=O)c1c2ccccc2cn1CCCCCCS. The van der Waals surface area contributed by atoms with Crippen molar-refractivity contribution in [1.82, 2.24) is 4.57 Å². The molecule has 1 heterocycles. The summed E-state index contributed by atoms with van der Waals surface area (Å²) >= 11 is 4.19. The molecule has 0 unspecified atom stereocenters. The summed E-state index contributed by atoms with van der Waals surface area (Å²) in [6.07, 6.45) is 6.76. The zero-order valence-corrected chi connectivity index (χ0v) is 16.7. The van der Waals surface area contributed by atoms with Crippen LogP contribution in [0, 0.1) is 6.92 Å². The van der Waals surface area contributed by atoms with E-state index in [-0.39, 0.29) is 0 Å². The van der Waals surface area contributed by atoms with E-state index < -0.39 is 5.78 Å². The van der Waals surface area contributed by atoms with E-state index in [1.807, 2.05) is 53.2 Å². The first kappa shape index (κ1) is 21.0. The molecular formula is C23H27NO2S. The van der Waals surface area contributed by atoms with Crippen LogP contribution in [0.15, 0.2) is 60.8 Å². The highest BCUT2D eigenvalue weighted by atomic mass is 32.1. The van der Waals surface area contributed by atoms with Crippen molar-refractivity contribution in [2.24, 2.45) is 0 Å². The lowest BCUT2D eigenvalue weighted by molar-refractivity contribution is -0.104. The van der Waals surface area contributed by atoms with Gasteiger partial charge in [0.25, 0.3) is 0 Å². The summed E-state index contributed by atoms with van der Waals surface area (Å²) in [5, 5.41) is 1.87. The molecule has 0 atom stereocenters. The van der Waals surface area contributed by atoms with Crippen LogP contribution in [0.2, 0.25) is 0 Å². The number of carbonyl (C=O) groups is 2. The van der Waals surface area contributed by atoms with Crippen LogP contribution < -0.4 is 0 Å². The fourth-order valence-electron chi connectivity index (χ4n) is 3.00. The van der Waals surface area contributed by atoms with Crippen LogP contribution in [0.25, 0.3) is 10.8 Å². The van der Waals surface area contributed by atoms with Crippen LogP contribution in [0.5, 0.6) is 0 Å². The molecule has 0 N–H and O–H groups in total. The second-order valence-electron chi connectivity index (χ2n) is 6.53. The number of unbranched alkanes of at least 4 members (excludes halogenated alkanes) is 3. The first-order valence-electron chi connectivity index (χ1n) is 9.37. The zero-order chi connectivity index (χ0) is 19.5. The van der Waals surface area contributed by atoms with E-state index in [0.717, 1.165) is 48.8 Å². The van der Waals surface area contributed by atoms with Crippen LogP contribution in [0.3, 0.4) is 0 Å². The highest BCUT2D eigenvalue weighted by Crippen LogP contribution is 2.22. The number of rotatable bonds is 8. The van der Waals surface area contributed by atoms with Gasteiger partial charge in [0.15, 0.2) is 6.29 Å². The number of ketones is 1. The molecule has 27 heavy (non-hydrogen) atoms. The van der Waals surface area contributed by atoms with Gasteiger partial charge in [-0.1, -0.05) is 73.0 Å². The van der Waals surface area contributed by atoms with Crippen LogP contribution in [0.4, 0.5) is 0 Å². The Kier molecular flexibility index (Phi) is 8.85. The van der Waals surface area contributed by atoms with Gasteiger partial charge in [-0.2, -0.15) is 12.6 Å². The summed E-state index contributed by atoms with van der Waals surface area (Å²) in [6, 6.07) is 17.9. The largest absolute Gasteiger partial charge is 0.344 e. The molecule has 0 aliphatic rings. The molecule has 0 bridgehead atoms. The van der Waals surface area contributed by atoms with E-state index in [1.165, 1.54) is 5.56 Å². The molecule has 0 saturated heterocycles. The summed E-state index contributed by atoms with van der Waals surface area (Å²) in [7, 11) is 0. The Bertz CT molecular complexity index is 855. The predicted molar refractivity (Wildman–Crippen MR) is 116 cm³/mol. The van der Waals surface area contributed by atoms with Gasteiger partial charge in [-0.3, -0.25) is 9.59 Å². The number of fused-ring (bicyclic) bond motifs is 1. The van der Waals surface area contributed by atoms with Crippen molar-refractivity contribution in [2.45, 2.75) is 39.2 Å². The van der Waals surface area contributed by atoms with Crippen molar-refractivity contribution in [3.63, 3.8) is 0 Å². The Labute approximate surface area is 166 Å². The maximum atomic E-state index is 11.8. The molecule has 0 spiro atoms. The number of thiol groups is 1. The molecule has 0 amide bonds. The highest BCUT2D eigenvalue weighted by Gasteiger charge is 2.15. The minimum absolute atomic E-state index is 0.402. The lowest BCUT2D eigenvalue weighted by atomic mass is 10.1. The van der Waals surface area contributed by atoms with Gasteiger partial charge in [-0.25, -0.2) is 0 Å². The van der Waals surface area contributed by atoms with E-state index in [4.69, 9.17) is 0 Å². The van der Waals surface area contributed by atoms with E-state index >= 15 is 0 Å². The Hall–Kier alpha value is -2.33. The second kappa shape index (κ2) is 11.4. The van der Waals surface area contributed by atoms with Gasteiger partial charge in [0.2, 0.25) is 5.78 Å². The summed E-state index contributed by atoms with van der Waals surface area (Å²) in [4.78, 5) is 22.7. The van der Waals surface area contributed by atoms with Crippen LogP contribution in [0.1, 0.15) is 41.7 Å². The smallest absolute Gasteiger partial charge is 0.242 e. The van der Waals surface area contributed by atoms with Crippen molar-refractivity contribution in [2.75, 3.05) is 5.75 Å². The topological polar surface area (TPSA) is 39.1 Å². The molecule has 0 aliphatic carbocycles. The molecule has 0 aliphatic heterocycles. The van der Waals surface area contributed by atoms with Gasteiger partial charge in [0.05, 0.1) is 0 Å². The van der Waals surface area contributed by atoms with Crippen molar-refractivity contribution in [3.05, 3.63) is 72.1 Å². The molecule has 4 heteroatoms. The number of aryl methyl sites for hydroxylation is 2. The minimum atomic E-state index is -0.443. The van der Waals surface area contributed by atoms with Crippen molar-refractivity contribution in [3.8, 4) is 0 Å². The Balaban J connectivity index is 0.000000313. The summed E-state index contributed by atoms with van der Waals surface area (Å²) < 4.78 is 1.92. The molecular weight excluding hydrogens is 354 g/mol. The maximum Gasteiger partial charge on any atom is 0.242 e. The predicted octanol–water partition coefficient (Wildman–Crippen LogP) is 5.51. The van der Waals surface area contributed by atoms with Crippen molar-refractivity contribution < 1.29 is 9.59 Å². The molecule has 0 fully saturated rings. The quantitative estimate of drug-likeness (QED) is 0.184. The lowest BCUT2D eigenvalue weighted by Crippen LogP contribution is -2.10. The first-order valence-corrected chi connectivity index (χ1v) is 10.0. The van der Waals surface area contributed by atoms with Crippen LogP contribution >= 0.6 is 12.6 Å². The monoisotopic (exact) mass is 381 g/mol. The average molecular weight is 382 g/mol. The molecule has 1 aromatic heterocycles. The van der Waals surface area contributed by atoms with Crippen LogP contribution in [-0.4, -0.2) is 22.4 Å². The molecule has 2 aromatic carbocycles. The van der Waals surface area contributed by atoms with Gasteiger partial charge in [0, 0.05) is 23.5 Å². The second-order valence-corrected chi connectivity index (χ2v) is 6.98. The number of aromatic nitrogens is 1. The molecule has 3 aromatic rings. The standard InChI is InChI=1S/C16H19NO2S.C7H8/c18-12-15(19)16-14-8-4-3-7-13(14)11-17(16)9-5-1-2-6-10-20;1-7-5-3-2-4-6-7/h3-4,7-8,11-12,20H,1-2,5-6,9-10H2;2-6H,1H3. The Morgan fingerprint density at radius 1 is 0.963 bits per heavy atom. The zero-order valence-electron chi connectivity index (χ0n) is 15.8. The summed E-state index contributed by atoms with van der Waals surface area (Å²) in [5.41, 5.74) is 1.84. The van der Waals surface area contributed by atoms with E-state index in [9.17, 15) is 9.59 Å². The van der Waals surface area contributed by atoms with E-state index in [1.54, 1.807) is 0 Å². The molecule has 3 rings (SSSR count). The average Bonchev–Trinajstić information content (AvgIpc) is 3.06. The third-order valence-corrected chi connectivity index (χ3v) is 4.70. The van der Waals surface area contributed by atoms with Gasteiger partial charge >= 0.3 is 0 Å². The van der Waals surface area contributed by atoms with E-state index in [0.29, 0.717) is 12.0 Å². The maximum absolute atomic E-state index is 11.8. The van der Waals surface area contributed by atoms with E-state index in [2.05, 4.69) is 31.7 Å². The number of hydrogen-bond donors (Lipinski definition) is 1. The van der Waals surface area contributed by atoms with Crippen molar-refractivity contribution in [1.29, 1.82) is 0 Å². The van der Waals surface area contributed by atoms with Gasteiger partial charge < -0.3 is 4.57 Å². The normalized spacial score (nSPS) is 10.3. The fourth-order valence-corrected chi connectivity index (χ4v) is 3.22. The van der Waals surface area contributed by atoms with Gasteiger partial charge in [0.1, 0.15) is 5.69 Å². The number of carbonyl (C=O) groups excluding carboxylic acids is 2. The summed E-state index contributed by atoms with van der Waals surface area (Å²) in [6.45, 7) is 2.86. The molecule has 0 saturated carbocycles. The molecule has 142 valence electrons. The number of nitrogens with zero attached hydrogens (tertiary/aromatic N) is 1. The van der Waals surface area contributed by atoms with Gasteiger partial charge in [-0.15, -0.1) is 0 Å². The Morgan fingerprint density at radius 2 is 1.63 bits per heavy atom. The number of aldehydes is 1. The van der Waals surface area contributed by atoms with Crippen molar-refractivity contribution >= 4 is 35.5 Å². The minimum Gasteiger partial charge on any atom is -0.344 e. The lowest BCUT2D eigenvalue weighted by Gasteiger charge is -2.06. The Morgan fingerprint density at radius 3 is 2.26 bits per heavy atom. The first-order chi connectivity index (χ1) is 13.2. The highest BCUT2D eigenvalue weighted by molar-refractivity contribution is 7.80.